The van der Waals surface area contributed by atoms with Gasteiger partial charge in [0.05, 0.1) is 13.2 Å². The minimum absolute atomic E-state index is 0.229. The highest BCUT2D eigenvalue weighted by molar-refractivity contribution is 5.41. The molecule has 1 aromatic carbocycles. The van der Waals surface area contributed by atoms with Crippen LogP contribution in [0, 0.1) is 28.6 Å². The van der Waals surface area contributed by atoms with Crippen molar-refractivity contribution in [2.24, 2.45) is 17.3 Å². The number of hydrogen-bond donors (Lipinski definition) is 1. The molecule has 1 aromatic rings. The van der Waals surface area contributed by atoms with Gasteiger partial charge in [0.2, 0.25) is 0 Å². The summed E-state index contributed by atoms with van der Waals surface area (Å²) in [6, 6.07) is 8.77. The Balaban J connectivity index is 1.70. The van der Waals surface area contributed by atoms with Gasteiger partial charge in [0.1, 0.15) is 5.75 Å². The topological polar surface area (TPSA) is 53.2 Å². The summed E-state index contributed by atoms with van der Waals surface area (Å²) in [4.78, 5) is 0. The number of aliphatic hydroxyl groups is 1. The molecule has 0 spiro atoms. The number of nitriles is 1. The molecular formula is C20H25NO2. The number of hydrogen-bond acceptors (Lipinski definition) is 3. The summed E-state index contributed by atoms with van der Waals surface area (Å²) in [5.41, 5.74) is 1.56. The van der Waals surface area contributed by atoms with Gasteiger partial charge in [-0.15, -0.1) is 0 Å². The van der Waals surface area contributed by atoms with Gasteiger partial charge in [-0.05, 0) is 79.5 Å². The number of rotatable bonds is 1. The Hall–Kier alpha value is -1.53. The largest absolute Gasteiger partial charge is 0.497 e. The fourth-order valence-corrected chi connectivity index (χ4v) is 5.89. The molecule has 0 bridgehead atoms. The van der Waals surface area contributed by atoms with Crippen LogP contribution in [0.2, 0.25) is 0 Å². The highest BCUT2D eigenvalue weighted by Crippen LogP contribution is 2.64. The monoisotopic (exact) mass is 311 g/mol. The third kappa shape index (κ3) is 1.91. The van der Waals surface area contributed by atoms with Crippen molar-refractivity contribution in [3.63, 3.8) is 0 Å². The molecule has 1 N–H and O–H groups in total. The summed E-state index contributed by atoms with van der Waals surface area (Å²) in [6.07, 6.45) is 5.93. The van der Waals surface area contributed by atoms with Crippen LogP contribution in [-0.2, 0) is 6.42 Å². The molecule has 0 aliphatic heterocycles. The molecule has 23 heavy (non-hydrogen) atoms. The molecule has 5 atom stereocenters. The fraction of sp³-hybridized carbons (Fsp3) is 0.650. The maximum atomic E-state index is 10.8. The number of ether oxygens (including phenoxy) is 1. The second kappa shape index (κ2) is 4.98. The van der Waals surface area contributed by atoms with Crippen LogP contribution in [0.5, 0.6) is 5.75 Å². The van der Waals surface area contributed by atoms with E-state index in [0.717, 1.165) is 31.4 Å². The third-order valence-electron chi connectivity index (χ3n) is 7.27. The van der Waals surface area contributed by atoms with Gasteiger partial charge in [0, 0.05) is 5.41 Å². The van der Waals surface area contributed by atoms with E-state index in [1.165, 1.54) is 17.5 Å². The highest BCUT2D eigenvalue weighted by atomic mass is 16.5. The Kier molecular flexibility index (Phi) is 3.25. The van der Waals surface area contributed by atoms with Crippen molar-refractivity contribution < 1.29 is 9.84 Å². The first kappa shape index (κ1) is 15.0. The molecule has 3 aliphatic carbocycles. The lowest BCUT2D eigenvalue weighted by molar-refractivity contribution is -0.0660. The van der Waals surface area contributed by atoms with E-state index in [4.69, 9.17) is 4.74 Å². The second-order valence-electron chi connectivity index (χ2n) is 7.95. The normalized spacial score (nSPS) is 41.4. The van der Waals surface area contributed by atoms with E-state index < -0.39 is 5.60 Å². The molecule has 2 fully saturated rings. The SMILES string of the molecule is COc1ccc2c(c1)CC[C@@H]1[C@@H]2CC[C@@]2(C)[C@H]1CC[C@@]2(O)C#N. The van der Waals surface area contributed by atoms with Crippen LogP contribution < -0.4 is 4.74 Å². The predicted molar refractivity (Wildman–Crippen MR) is 88.2 cm³/mol. The molecule has 3 nitrogen and oxygen atoms in total. The van der Waals surface area contributed by atoms with E-state index in [0.29, 0.717) is 24.2 Å². The minimum Gasteiger partial charge on any atom is -0.497 e. The number of nitrogens with zero attached hydrogens (tertiary/aromatic N) is 1. The lowest BCUT2D eigenvalue weighted by Gasteiger charge is -2.51. The van der Waals surface area contributed by atoms with E-state index in [9.17, 15) is 10.4 Å². The van der Waals surface area contributed by atoms with Gasteiger partial charge >= 0.3 is 0 Å². The smallest absolute Gasteiger partial charge is 0.156 e. The molecule has 122 valence electrons. The molecule has 3 aliphatic rings. The molecule has 0 aromatic heterocycles. The lowest BCUT2D eigenvalue weighted by Crippen LogP contribution is -2.50. The van der Waals surface area contributed by atoms with Crippen LogP contribution in [0.4, 0.5) is 0 Å². The summed E-state index contributed by atoms with van der Waals surface area (Å²) in [6.45, 7) is 2.16. The van der Waals surface area contributed by atoms with Crippen LogP contribution in [-0.4, -0.2) is 17.8 Å². The Morgan fingerprint density at radius 2 is 2.09 bits per heavy atom. The van der Waals surface area contributed by atoms with Gasteiger partial charge in [0.25, 0.3) is 0 Å². The molecule has 4 rings (SSSR count). The van der Waals surface area contributed by atoms with Crippen molar-refractivity contribution in [2.45, 2.75) is 57.0 Å². The molecule has 0 heterocycles. The minimum atomic E-state index is -1.12. The summed E-state index contributed by atoms with van der Waals surface area (Å²) in [7, 11) is 1.72. The zero-order valence-electron chi connectivity index (χ0n) is 14.0. The molecule has 0 amide bonds. The molecule has 2 saturated carbocycles. The van der Waals surface area contributed by atoms with E-state index in [2.05, 4.69) is 31.2 Å². The average molecular weight is 311 g/mol. The standard InChI is InChI=1S/C20H25NO2/c1-19-9-7-16-15-6-4-14(23-2)11-13(15)3-5-17(16)18(19)8-10-20(19,22)12-21/h4,6,11,16-18,22H,3,5,7-10H2,1-2H3/t16-,17-,18+,19+,20-/m1/s1. The van der Waals surface area contributed by atoms with Crippen molar-refractivity contribution in [3.8, 4) is 11.8 Å². The van der Waals surface area contributed by atoms with Crippen LogP contribution in [0.15, 0.2) is 18.2 Å². The average Bonchev–Trinajstić information content (AvgIpc) is 2.86. The number of aryl methyl sites for hydroxylation is 1. The Labute approximate surface area is 138 Å². The van der Waals surface area contributed by atoms with Crippen molar-refractivity contribution >= 4 is 0 Å². The molecule has 0 saturated heterocycles. The van der Waals surface area contributed by atoms with Crippen molar-refractivity contribution in [1.82, 2.24) is 0 Å². The van der Waals surface area contributed by atoms with E-state index in [1.807, 2.05) is 0 Å². The zero-order valence-corrected chi connectivity index (χ0v) is 14.0. The Bertz CT molecular complexity index is 679. The number of fused-ring (bicyclic) bond motifs is 5. The van der Waals surface area contributed by atoms with Crippen LogP contribution in [0.1, 0.15) is 56.1 Å². The third-order valence-corrected chi connectivity index (χ3v) is 7.27. The van der Waals surface area contributed by atoms with Gasteiger partial charge in [-0.2, -0.15) is 5.26 Å². The number of methoxy groups -OCH3 is 1. The summed E-state index contributed by atoms with van der Waals surface area (Å²) in [5.74, 6) is 2.62. The quantitative estimate of drug-likeness (QED) is 0.802. The predicted octanol–water partition coefficient (Wildman–Crippen LogP) is 3.81. The fourth-order valence-electron chi connectivity index (χ4n) is 5.89. The number of benzene rings is 1. The van der Waals surface area contributed by atoms with Crippen molar-refractivity contribution in [2.75, 3.05) is 7.11 Å². The lowest BCUT2D eigenvalue weighted by atomic mass is 9.53. The maximum Gasteiger partial charge on any atom is 0.156 e. The first-order valence-corrected chi connectivity index (χ1v) is 8.83. The van der Waals surface area contributed by atoms with Gasteiger partial charge in [0.15, 0.2) is 5.60 Å². The van der Waals surface area contributed by atoms with Crippen LogP contribution in [0.25, 0.3) is 0 Å². The molecule has 0 radical (unpaired) electrons. The summed E-state index contributed by atoms with van der Waals surface area (Å²) >= 11 is 0. The maximum absolute atomic E-state index is 10.8. The first-order chi connectivity index (χ1) is 11.0. The van der Waals surface area contributed by atoms with Crippen molar-refractivity contribution in [3.05, 3.63) is 29.3 Å². The van der Waals surface area contributed by atoms with Crippen molar-refractivity contribution in [1.29, 1.82) is 5.26 Å². The van der Waals surface area contributed by atoms with Crippen LogP contribution >= 0.6 is 0 Å². The second-order valence-corrected chi connectivity index (χ2v) is 7.95. The summed E-state index contributed by atoms with van der Waals surface area (Å²) in [5, 5.41) is 20.4. The molecule has 0 unspecified atom stereocenters. The van der Waals surface area contributed by atoms with Gasteiger partial charge < -0.3 is 9.84 Å². The van der Waals surface area contributed by atoms with Crippen LogP contribution in [0.3, 0.4) is 0 Å². The van der Waals surface area contributed by atoms with Gasteiger partial charge in [-0.1, -0.05) is 13.0 Å². The van der Waals surface area contributed by atoms with E-state index >= 15 is 0 Å². The molecule has 3 heteroatoms. The van der Waals surface area contributed by atoms with Gasteiger partial charge in [-0.25, -0.2) is 0 Å². The van der Waals surface area contributed by atoms with Gasteiger partial charge in [-0.3, -0.25) is 0 Å². The van der Waals surface area contributed by atoms with E-state index in [1.54, 1.807) is 7.11 Å². The molecular weight excluding hydrogens is 286 g/mol. The zero-order chi connectivity index (χ0) is 16.2. The Morgan fingerprint density at radius 3 is 2.83 bits per heavy atom. The Morgan fingerprint density at radius 1 is 1.26 bits per heavy atom. The first-order valence-electron chi connectivity index (χ1n) is 8.83. The highest BCUT2D eigenvalue weighted by Gasteiger charge is 2.62. The summed E-state index contributed by atoms with van der Waals surface area (Å²) < 4.78 is 5.37. The van der Waals surface area contributed by atoms with E-state index in [-0.39, 0.29) is 5.41 Å².